The maximum atomic E-state index is 11.5. The fourth-order valence-corrected chi connectivity index (χ4v) is 1.89. The average Bonchev–Trinajstić information content (AvgIpc) is 2.64. The van der Waals surface area contributed by atoms with Crippen LogP contribution in [0.1, 0.15) is 17.5 Å². The van der Waals surface area contributed by atoms with Crippen LogP contribution in [0.4, 0.5) is 0 Å². The Hall–Kier alpha value is -1.60. The van der Waals surface area contributed by atoms with Gasteiger partial charge in [-0.3, -0.25) is 0 Å². The van der Waals surface area contributed by atoms with Crippen LogP contribution in [0, 0.1) is 0 Å². The van der Waals surface area contributed by atoms with Gasteiger partial charge in [0.05, 0.1) is 0 Å². The van der Waals surface area contributed by atoms with Crippen molar-refractivity contribution in [2.75, 3.05) is 6.54 Å². The van der Waals surface area contributed by atoms with Crippen LogP contribution in [0.25, 0.3) is 0 Å². The van der Waals surface area contributed by atoms with Crippen molar-refractivity contribution in [1.82, 2.24) is 4.72 Å². The van der Waals surface area contributed by atoms with Crippen LogP contribution in [0.15, 0.2) is 33.8 Å². The smallest absolute Gasteiger partial charge is 0.371 e. The monoisotopic (exact) mass is 245 g/mol. The number of rotatable bonds is 5. The summed E-state index contributed by atoms with van der Waals surface area (Å²) in [5.41, 5.74) is 0.633. The normalized spacial score (nSPS) is 11.3. The predicted octanol–water partition coefficient (Wildman–Crippen LogP) is 0.832. The van der Waals surface area contributed by atoms with E-state index in [-0.39, 0.29) is 6.54 Å². The van der Waals surface area contributed by atoms with E-state index in [1.165, 1.54) is 0 Å². The van der Waals surface area contributed by atoms with Gasteiger partial charge >= 0.3 is 5.97 Å². The van der Waals surface area contributed by atoms with E-state index in [0.717, 1.165) is 12.1 Å². The molecule has 0 atom stereocenters. The molecular formula is C9H11NO5S. The lowest BCUT2D eigenvalue weighted by atomic mass is 10.4. The molecule has 0 amide bonds. The molecule has 2 N–H and O–H groups in total. The molecule has 0 spiro atoms. The zero-order valence-corrected chi connectivity index (χ0v) is 9.37. The molecule has 0 aliphatic carbocycles. The molecule has 0 aromatic carbocycles. The first kappa shape index (κ1) is 12.5. The zero-order chi connectivity index (χ0) is 12.3. The first-order chi connectivity index (χ1) is 7.33. The molecule has 0 aliphatic heterocycles. The lowest BCUT2D eigenvalue weighted by molar-refractivity contribution is 0.0656. The van der Waals surface area contributed by atoms with Crippen LogP contribution in [0.3, 0.4) is 0 Å². The molecule has 16 heavy (non-hydrogen) atoms. The molecule has 1 aromatic heterocycles. The van der Waals surface area contributed by atoms with Crippen molar-refractivity contribution >= 4 is 16.0 Å². The average molecular weight is 245 g/mol. The highest BCUT2D eigenvalue weighted by Crippen LogP contribution is 2.13. The SMILES string of the molecule is C=C(C)CNS(=O)(=O)c1ccc(C(=O)O)o1. The molecule has 0 bridgehead atoms. The van der Waals surface area contributed by atoms with E-state index in [0.29, 0.717) is 5.57 Å². The molecule has 1 aromatic rings. The van der Waals surface area contributed by atoms with E-state index >= 15 is 0 Å². The first-order valence-corrected chi connectivity index (χ1v) is 5.78. The highest BCUT2D eigenvalue weighted by atomic mass is 32.2. The number of furan rings is 1. The van der Waals surface area contributed by atoms with E-state index in [4.69, 9.17) is 5.11 Å². The number of nitrogens with one attached hydrogen (secondary N) is 1. The maximum Gasteiger partial charge on any atom is 0.371 e. The standard InChI is InChI=1S/C9H11NO5S/c1-6(2)5-10-16(13,14)8-4-3-7(15-8)9(11)12/h3-4,10H,1,5H2,2H3,(H,11,12). The van der Waals surface area contributed by atoms with Gasteiger partial charge < -0.3 is 9.52 Å². The van der Waals surface area contributed by atoms with Crippen molar-refractivity contribution in [3.8, 4) is 0 Å². The Morgan fingerprint density at radius 3 is 2.62 bits per heavy atom. The van der Waals surface area contributed by atoms with Crippen molar-refractivity contribution in [2.45, 2.75) is 12.0 Å². The first-order valence-electron chi connectivity index (χ1n) is 4.30. The summed E-state index contributed by atoms with van der Waals surface area (Å²) in [5, 5.41) is 8.13. The van der Waals surface area contributed by atoms with Gasteiger partial charge in [-0.15, -0.1) is 0 Å². The van der Waals surface area contributed by atoms with Crippen LogP contribution in [-0.2, 0) is 10.0 Å². The molecule has 0 radical (unpaired) electrons. The van der Waals surface area contributed by atoms with Crippen molar-refractivity contribution in [3.05, 3.63) is 30.0 Å². The number of hydrogen-bond acceptors (Lipinski definition) is 4. The zero-order valence-electron chi connectivity index (χ0n) is 8.56. The van der Waals surface area contributed by atoms with Gasteiger partial charge in [0.1, 0.15) is 0 Å². The number of carbonyl (C=O) groups is 1. The molecular weight excluding hydrogens is 234 g/mol. The quantitative estimate of drug-likeness (QED) is 0.749. The number of aromatic carboxylic acids is 1. The predicted molar refractivity (Wildman–Crippen MR) is 55.7 cm³/mol. The summed E-state index contributed by atoms with van der Waals surface area (Å²) in [6, 6.07) is 2.17. The molecule has 88 valence electrons. The van der Waals surface area contributed by atoms with E-state index in [9.17, 15) is 13.2 Å². The van der Waals surface area contributed by atoms with Crippen LogP contribution in [0.5, 0.6) is 0 Å². The largest absolute Gasteiger partial charge is 0.475 e. The number of carboxylic acids is 1. The Bertz CT molecular complexity index is 514. The molecule has 1 heterocycles. The van der Waals surface area contributed by atoms with Crippen LogP contribution in [-0.4, -0.2) is 26.0 Å². The van der Waals surface area contributed by atoms with Crippen LogP contribution < -0.4 is 4.72 Å². The molecule has 1 rings (SSSR count). The van der Waals surface area contributed by atoms with Gasteiger partial charge in [0.15, 0.2) is 0 Å². The minimum absolute atomic E-state index is 0.0748. The topological polar surface area (TPSA) is 96.6 Å². The lowest BCUT2D eigenvalue weighted by Crippen LogP contribution is -2.24. The Labute approximate surface area is 92.6 Å². The lowest BCUT2D eigenvalue weighted by Gasteiger charge is -2.02. The number of sulfonamides is 1. The summed E-state index contributed by atoms with van der Waals surface area (Å²) >= 11 is 0. The van der Waals surface area contributed by atoms with Crippen molar-refractivity contribution in [2.24, 2.45) is 0 Å². The third-order valence-electron chi connectivity index (χ3n) is 1.62. The number of carboxylic acid groups (broad SMARTS) is 1. The van der Waals surface area contributed by atoms with Gasteiger partial charge in [-0.25, -0.2) is 17.9 Å². The van der Waals surface area contributed by atoms with Gasteiger partial charge in [0.25, 0.3) is 10.0 Å². The molecule has 0 fully saturated rings. The summed E-state index contributed by atoms with van der Waals surface area (Å²) < 4.78 is 29.9. The summed E-state index contributed by atoms with van der Waals surface area (Å²) in [6.07, 6.45) is 0. The second-order valence-electron chi connectivity index (χ2n) is 3.21. The van der Waals surface area contributed by atoms with Crippen molar-refractivity contribution in [1.29, 1.82) is 0 Å². The summed E-state index contributed by atoms with van der Waals surface area (Å²) in [4.78, 5) is 10.5. The van der Waals surface area contributed by atoms with Crippen molar-refractivity contribution < 1.29 is 22.7 Å². The van der Waals surface area contributed by atoms with Gasteiger partial charge in [-0.05, 0) is 19.1 Å². The number of hydrogen-bond donors (Lipinski definition) is 2. The third kappa shape index (κ3) is 2.94. The fraction of sp³-hybridized carbons (Fsp3) is 0.222. The van der Waals surface area contributed by atoms with E-state index < -0.39 is 26.8 Å². The molecule has 0 aliphatic rings. The highest BCUT2D eigenvalue weighted by Gasteiger charge is 2.20. The summed E-state index contributed by atoms with van der Waals surface area (Å²) in [7, 11) is -3.81. The second kappa shape index (κ2) is 4.50. The van der Waals surface area contributed by atoms with E-state index in [1.54, 1.807) is 6.92 Å². The molecule has 0 saturated carbocycles. The second-order valence-corrected chi connectivity index (χ2v) is 4.90. The molecule has 0 unspecified atom stereocenters. The van der Waals surface area contributed by atoms with Gasteiger partial charge in [-0.1, -0.05) is 12.2 Å². The van der Waals surface area contributed by atoms with Gasteiger partial charge in [0, 0.05) is 6.54 Å². The maximum absolute atomic E-state index is 11.5. The molecule has 6 nitrogen and oxygen atoms in total. The van der Waals surface area contributed by atoms with Gasteiger partial charge in [0.2, 0.25) is 10.9 Å². The summed E-state index contributed by atoms with van der Waals surface area (Å²) in [6.45, 7) is 5.27. The Morgan fingerprint density at radius 1 is 1.56 bits per heavy atom. The van der Waals surface area contributed by atoms with E-state index in [1.807, 2.05) is 0 Å². The third-order valence-corrected chi connectivity index (χ3v) is 2.89. The molecule has 0 saturated heterocycles. The summed E-state index contributed by atoms with van der Waals surface area (Å²) in [5.74, 6) is -1.74. The van der Waals surface area contributed by atoms with E-state index in [2.05, 4.69) is 15.7 Å². The Kier molecular flexibility index (Phi) is 3.51. The Balaban J connectivity index is 2.90. The fourth-order valence-electron chi connectivity index (χ4n) is 0.869. The van der Waals surface area contributed by atoms with Crippen LogP contribution >= 0.6 is 0 Å². The molecule has 7 heteroatoms. The minimum Gasteiger partial charge on any atom is -0.475 e. The van der Waals surface area contributed by atoms with Crippen LogP contribution in [0.2, 0.25) is 0 Å². The van der Waals surface area contributed by atoms with Gasteiger partial charge in [-0.2, -0.15) is 0 Å². The van der Waals surface area contributed by atoms with Crippen molar-refractivity contribution in [3.63, 3.8) is 0 Å². The minimum atomic E-state index is -3.81. The Morgan fingerprint density at radius 2 is 2.19 bits per heavy atom. The highest BCUT2D eigenvalue weighted by molar-refractivity contribution is 7.89.